The van der Waals surface area contributed by atoms with Crippen molar-refractivity contribution in [3.63, 3.8) is 0 Å². The number of carboxylic acid groups (broad SMARTS) is 1. The van der Waals surface area contributed by atoms with Crippen LogP contribution in [-0.2, 0) is 14.6 Å². The molecule has 0 radical (unpaired) electrons. The average Bonchev–Trinajstić information content (AvgIpc) is 2.50. The van der Waals surface area contributed by atoms with Crippen molar-refractivity contribution in [3.05, 3.63) is 15.9 Å². The smallest absolute Gasteiger partial charge is 0.310 e. The van der Waals surface area contributed by atoms with E-state index < -0.39 is 27.0 Å². The number of halogens is 1. The predicted octanol–water partition coefficient (Wildman–Crippen LogP) is 2.40. The second-order valence-electron chi connectivity index (χ2n) is 4.01. The van der Waals surface area contributed by atoms with Crippen molar-refractivity contribution in [2.45, 2.75) is 18.1 Å². The molecule has 0 spiro atoms. The van der Waals surface area contributed by atoms with E-state index in [1.54, 1.807) is 6.07 Å². The monoisotopic (exact) mass is 326 g/mol. The number of aliphatic carboxylic acids is 1. The van der Waals surface area contributed by atoms with Crippen LogP contribution in [-0.4, -0.2) is 25.2 Å². The zero-order valence-electron chi connectivity index (χ0n) is 8.73. The Morgan fingerprint density at radius 3 is 2.44 bits per heavy atom. The summed E-state index contributed by atoms with van der Waals surface area (Å²) in [5, 5.41) is 8.89. The zero-order valence-corrected chi connectivity index (χ0v) is 11.9. The van der Waals surface area contributed by atoms with Crippen molar-refractivity contribution in [3.8, 4) is 0 Å². The third-order valence-corrected chi connectivity index (χ3v) is 6.27. The fourth-order valence-electron chi connectivity index (χ4n) is 1.07. The van der Waals surface area contributed by atoms with Crippen LogP contribution in [0, 0.1) is 5.41 Å². The lowest BCUT2D eigenvalue weighted by Crippen LogP contribution is -2.32. The first-order valence-corrected chi connectivity index (χ1v) is 7.63. The molecule has 0 unspecified atom stereocenters. The summed E-state index contributed by atoms with van der Waals surface area (Å²) in [6.07, 6.45) is 0. The van der Waals surface area contributed by atoms with Crippen LogP contribution in [0.3, 0.4) is 0 Å². The van der Waals surface area contributed by atoms with Gasteiger partial charge in [0.05, 0.1) is 15.0 Å². The highest BCUT2D eigenvalue weighted by Crippen LogP contribution is 2.30. The van der Waals surface area contributed by atoms with Crippen LogP contribution in [0.2, 0.25) is 0 Å². The minimum Gasteiger partial charge on any atom is -0.481 e. The van der Waals surface area contributed by atoms with Crippen molar-refractivity contribution < 1.29 is 18.3 Å². The molecule has 0 fully saturated rings. The summed E-state index contributed by atoms with van der Waals surface area (Å²) in [6.45, 7) is 2.80. The lowest BCUT2D eigenvalue weighted by atomic mass is 9.97. The zero-order chi connectivity index (χ0) is 12.6. The molecular formula is C9H11BrO4S2. The summed E-state index contributed by atoms with van der Waals surface area (Å²) in [5.41, 5.74) is -1.28. The van der Waals surface area contributed by atoms with E-state index in [1.165, 1.54) is 19.9 Å². The second-order valence-corrected chi connectivity index (χ2v) is 8.69. The molecule has 0 amide bonds. The minimum absolute atomic E-state index is 0.189. The standard InChI is InChI=1S/C9H11BrO4S2/c1-9(2,8(11)12)5-16(13,14)7-4-3-6(10)15-7/h3-4H,5H2,1-2H3,(H,11,12). The van der Waals surface area contributed by atoms with Crippen LogP contribution in [0.1, 0.15) is 13.8 Å². The average molecular weight is 327 g/mol. The quantitative estimate of drug-likeness (QED) is 0.922. The molecule has 1 N–H and O–H groups in total. The van der Waals surface area contributed by atoms with Crippen LogP contribution in [0.4, 0.5) is 0 Å². The van der Waals surface area contributed by atoms with Gasteiger partial charge in [-0.05, 0) is 41.9 Å². The summed E-state index contributed by atoms with van der Waals surface area (Å²) >= 11 is 4.25. The van der Waals surface area contributed by atoms with E-state index in [1.807, 2.05) is 0 Å². The molecule has 4 nitrogen and oxygen atoms in total. The van der Waals surface area contributed by atoms with Crippen molar-refractivity contribution >= 4 is 43.1 Å². The topological polar surface area (TPSA) is 71.4 Å². The lowest BCUT2D eigenvalue weighted by Gasteiger charge is -2.17. The largest absolute Gasteiger partial charge is 0.481 e. The number of hydrogen-bond donors (Lipinski definition) is 1. The molecule has 0 atom stereocenters. The fraction of sp³-hybridized carbons (Fsp3) is 0.444. The summed E-state index contributed by atoms with van der Waals surface area (Å²) in [6, 6.07) is 3.10. The van der Waals surface area contributed by atoms with Gasteiger partial charge in [0.2, 0.25) is 0 Å². The minimum atomic E-state index is -3.53. The first-order valence-electron chi connectivity index (χ1n) is 4.37. The van der Waals surface area contributed by atoms with Crippen molar-refractivity contribution in [2.24, 2.45) is 5.41 Å². The van der Waals surface area contributed by atoms with E-state index in [0.29, 0.717) is 3.79 Å². The first-order chi connectivity index (χ1) is 7.15. The third kappa shape index (κ3) is 3.05. The normalized spacial score (nSPS) is 12.7. The maximum absolute atomic E-state index is 11.9. The molecule has 0 aromatic carbocycles. The van der Waals surface area contributed by atoms with Crippen molar-refractivity contribution in [1.29, 1.82) is 0 Å². The highest BCUT2D eigenvalue weighted by molar-refractivity contribution is 9.11. The number of sulfone groups is 1. The Morgan fingerprint density at radius 2 is 2.06 bits per heavy atom. The van der Waals surface area contributed by atoms with E-state index in [-0.39, 0.29) is 4.21 Å². The molecule has 1 aromatic rings. The lowest BCUT2D eigenvalue weighted by molar-refractivity contribution is -0.145. The van der Waals surface area contributed by atoms with Gasteiger partial charge in [-0.15, -0.1) is 11.3 Å². The molecule has 1 heterocycles. The molecule has 16 heavy (non-hydrogen) atoms. The molecule has 0 bridgehead atoms. The molecular weight excluding hydrogens is 316 g/mol. The van der Waals surface area contributed by atoms with E-state index in [4.69, 9.17) is 5.11 Å². The number of rotatable bonds is 4. The van der Waals surface area contributed by atoms with Gasteiger partial charge in [0.15, 0.2) is 9.84 Å². The second kappa shape index (κ2) is 4.46. The summed E-state index contributed by atoms with van der Waals surface area (Å²) < 4.78 is 24.7. The van der Waals surface area contributed by atoms with E-state index in [0.717, 1.165) is 11.3 Å². The van der Waals surface area contributed by atoms with Gasteiger partial charge < -0.3 is 5.11 Å². The maximum Gasteiger partial charge on any atom is 0.310 e. The summed E-state index contributed by atoms with van der Waals surface area (Å²) in [4.78, 5) is 10.9. The molecule has 0 saturated carbocycles. The van der Waals surface area contributed by atoms with Gasteiger partial charge in [-0.1, -0.05) is 0 Å². The Kier molecular flexibility index (Phi) is 3.81. The number of hydrogen-bond acceptors (Lipinski definition) is 4. The first kappa shape index (κ1) is 13.7. The Balaban J connectivity index is 3.02. The maximum atomic E-state index is 11.9. The SMILES string of the molecule is CC(C)(CS(=O)(=O)c1ccc(Br)s1)C(=O)O. The molecule has 0 saturated heterocycles. The van der Waals surface area contributed by atoms with Crippen LogP contribution in [0.15, 0.2) is 20.1 Å². The molecule has 0 aliphatic carbocycles. The summed E-state index contributed by atoms with van der Waals surface area (Å²) in [5.74, 6) is -1.52. The van der Waals surface area contributed by atoms with Gasteiger partial charge in [-0.3, -0.25) is 4.79 Å². The Hall–Kier alpha value is -0.400. The molecule has 1 rings (SSSR count). The van der Waals surface area contributed by atoms with E-state index >= 15 is 0 Å². The van der Waals surface area contributed by atoms with Crippen LogP contribution in [0.5, 0.6) is 0 Å². The van der Waals surface area contributed by atoms with Gasteiger partial charge >= 0.3 is 5.97 Å². The van der Waals surface area contributed by atoms with Gasteiger partial charge in [0.1, 0.15) is 4.21 Å². The van der Waals surface area contributed by atoms with Gasteiger partial charge in [-0.25, -0.2) is 8.42 Å². The highest BCUT2D eigenvalue weighted by atomic mass is 79.9. The molecule has 0 aliphatic rings. The highest BCUT2D eigenvalue weighted by Gasteiger charge is 2.34. The third-order valence-electron chi connectivity index (χ3n) is 1.98. The van der Waals surface area contributed by atoms with E-state index in [9.17, 15) is 13.2 Å². The fourth-order valence-corrected chi connectivity index (χ4v) is 4.96. The molecule has 0 aliphatic heterocycles. The van der Waals surface area contributed by atoms with Crippen molar-refractivity contribution in [1.82, 2.24) is 0 Å². The van der Waals surface area contributed by atoms with Gasteiger partial charge in [-0.2, -0.15) is 0 Å². The van der Waals surface area contributed by atoms with E-state index in [2.05, 4.69) is 15.9 Å². The van der Waals surface area contributed by atoms with Crippen LogP contribution >= 0.6 is 27.3 Å². The van der Waals surface area contributed by atoms with Gasteiger partial charge in [0.25, 0.3) is 0 Å². The summed E-state index contributed by atoms with van der Waals surface area (Å²) in [7, 11) is -3.53. The van der Waals surface area contributed by atoms with Crippen molar-refractivity contribution in [2.75, 3.05) is 5.75 Å². The molecule has 90 valence electrons. The number of thiophene rings is 1. The van der Waals surface area contributed by atoms with Crippen LogP contribution in [0.25, 0.3) is 0 Å². The number of carboxylic acids is 1. The Bertz CT molecular complexity index is 501. The van der Waals surface area contributed by atoms with Crippen LogP contribution < -0.4 is 0 Å². The Labute approximate surface area is 106 Å². The predicted molar refractivity (Wildman–Crippen MR) is 65.5 cm³/mol. The number of carbonyl (C=O) groups is 1. The Morgan fingerprint density at radius 1 is 1.50 bits per heavy atom. The van der Waals surface area contributed by atoms with Gasteiger partial charge in [0, 0.05) is 0 Å². The molecule has 1 aromatic heterocycles. The molecule has 7 heteroatoms.